The van der Waals surface area contributed by atoms with Crippen molar-refractivity contribution in [1.29, 1.82) is 0 Å². The van der Waals surface area contributed by atoms with Gasteiger partial charge in [-0.1, -0.05) is 17.7 Å². The van der Waals surface area contributed by atoms with E-state index in [2.05, 4.69) is 10.0 Å². The number of nitrogens with zero attached hydrogens (tertiary/aromatic N) is 2. The molecule has 0 heterocycles. The number of benzene rings is 2. The molecule has 0 fully saturated rings. The number of aryl methyl sites for hydroxylation is 1. The second kappa shape index (κ2) is 10.5. The molecule has 0 amide bonds. The van der Waals surface area contributed by atoms with Gasteiger partial charge >= 0.3 is 0 Å². The first-order valence-electron chi connectivity index (χ1n) is 8.31. The molecule has 2 aromatic carbocycles. The fraction of sp³-hybridized carbons (Fsp3) is 0.278. The highest BCUT2D eigenvalue weighted by Crippen LogP contribution is 2.15. The van der Waals surface area contributed by atoms with Crippen LogP contribution in [0.4, 0.5) is 11.4 Å². The molecular weight excluding hydrogens is 495 g/mol. The van der Waals surface area contributed by atoms with Gasteiger partial charge in [0, 0.05) is 25.6 Å². The van der Waals surface area contributed by atoms with Crippen molar-refractivity contribution in [3.8, 4) is 0 Å². The molecule has 0 bridgehead atoms. The van der Waals surface area contributed by atoms with E-state index in [-0.39, 0.29) is 41.1 Å². The molecule has 0 aliphatic carbocycles. The monoisotopic (exact) mass is 518 g/mol. The third-order valence-corrected chi connectivity index (χ3v) is 5.52. The number of likely N-dealkylation sites (N-methyl/N-ethyl adjacent to an activating group) is 1. The maximum Gasteiger partial charge on any atom is 0.269 e. The summed E-state index contributed by atoms with van der Waals surface area (Å²) in [5, 5.41) is 13.9. The van der Waals surface area contributed by atoms with Crippen LogP contribution in [0.3, 0.4) is 0 Å². The van der Waals surface area contributed by atoms with Crippen molar-refractivity contribution < 1.29 is 41.9 Å². The lowest BCUT2D eigenvalue weighted by atomic mass is 10.2. The van der Waals surface area contributed by atoms with E-state index in [9.17, 15) is 18.5 Å². The minimum atomic E-state index is -3.72. The van der Waals surface area contributed by atoms with E-state index < -0.39 is 14.9 Å². The van der Waals surface area contributed by atoms with Gasteiger partial charge in [-0.25, -0.2) is 18.5 Å². The molecule has 0 aliphatic heterocycles. The average Bonchev–Trinajstić information content (AvgIpc) is 2.63. The smallest absolute Gasteiger partial charge is 0.269 e. The summed E-state index contributed by atoms with van der Waals surface area (Å²) in [6.07, 6.45) is 0. The third kappa shape index (κ3) is 6.84. The Kier molecular flexibility index (Phi) is 8.98. The maximum atomic E-state index is 12.3. The van der Waals surface area contributed by atoms with E-state index in [0.29, 0.717) is 6.54 Å². The van der Waals surface area contributed by atoms with E-state index in [4.69, 9.17) is 0 Å². The van der Waals surface area contributed by atoms with Crippen LogP contribution < -0.4 is 34.0 Å². The highest BCUT2D eigenvalue weighted by atomic mass is 127. The minimum Gasteiger partial charge on any atom is -1.00 e. The topological polar surface area (TPSA) is 104 Å². The fourth-order valence-corrected chi connectivity index (χ4v) is 3.31. The molecular formula is C18H23IN4O4S. The highest BCUT2D eigenvalue weighted by Gasteiger charge is 2.16. The molecule has 0 unspecified atom stereocenters. The van der Waals surface area contributed by atoms with Crippen molar-refractivity contribution in [2.24, 2.45) is 0 Å². The Labute approximate surface area is 181 Å². The number of amidine groups is 1. The van der Waals surface area contributed by atoms with Crippen LogP contribution in [0, 0.1) is 17.0 Å². The van der Waals surface area contributed by atoms with E-state index in [0.717, 1.165) is 11.5 Å². The summed E-state index contributed by atoms with van der Waals surface area (Å²) in [7, 11) is -1.86. The number of rotatable bonds is 7. The maximum absolute atomic E-state index is 12.3. The highest BCUT2D eigenvalue weighted by molar-refractivity contribution is 7.89. The van der Waals surface area contributed by atoms with Crippen molar-refractivity contribution in [2.45, 2.75) is 18.7 Å². The Balaban J connectivity index is 0.00000392. The number of non-ortho nitro benzene ring substituents is 1. The second-order valence-electron chi connectivity index (χ2n) is 6.15. The molecule has 10 heteroatoms. The number of anilines is 1. The predicted octanol–water partition coefficient (Wildman–Crippen LogP) is -0.642. The summed E-state index contributed by atoms with van der Waals surface area (Å²) in [6.45, 7) is 4.58. The second-order valence-corrected chi connectivity index (χ2v) is 7.91. The number of nitro benzene ring substituents is 1. The van der Waals surface area contributed by atoms with Crippen molar-refractivity contribution in [1.82, 2.24) is 4.72 Å². The van der Waals surface area contributed by atoms with Gasteiger partial charge in [0.25, 0.3) is 5.69 Å². The van der Waals surface area contributed by atoms with Crippen LogP contribution in [0.2, 0.25) is 0 Å². The standard InChI is InChI=1S/C18H22N4O4S.HI/c1-14-4-6-16(7-5-14)20-15(2)21(3)13-12-19-27(25,26)18-10-8-17(9-11-18)22(23)24;/h4-11,19H,12-13H2,1-3H3;1H. The zero-order valence-corrected chi connectivity index (χ0v) is 18.8. The molecule has 8 nitrogen and oxygen atoms in total. The molecule has 0 aromatic heterocycles. The number of hydrogen-bond donors (Lipinski definition) is 2. The lowest BCUT2D eigenvalue weighted by molar-refractivity contribution is -0.495. The Hall–Kier alpha value is -2.05. The zero-order chi connectivity index (χ0) is 20.0. The normalized spacial score (nSPS) is 12.0. The summed E-state index contributed by atoms with van der Waals surface area (Å²) in [6, 6.07) is 12.8. The van der Waals surface area contributed by atoms with Gasteiger partial charge in [-0.3, -0.25) is 14.7 Å². The fourth-order valence-electron chi connectivity index (χ4n) is 2.29. The third-order valence-electron chi connectivity index (χ3n) is 4.05. The van der Waals surface area contributed by atoms with Gasteiger partial charge < -0.3 is 24.0 Å². The van der Waals surface area contributed by atoms with E-state index in [1.165, 1.54) is 29.8 Å². The summed E-state index contributed by atoms with van der Waals surface area (Å²) >= 11 is 0. The first-order valence-corrected chi connectivity index (χ1v) is 9.80. The van der Waals surface area contributed by atoms with Gasteiger partial charge in [-0.2, -0.15) is 0 Å². The molecule has 2 aromatic rings. The molecule has 0 radical (unpaired) electrons. The molecule has 28 heavy (non-hydrogen) atoms. The number of hydrogen-bond acceptors (Lipinski definition) is 4. The van der Waals surface area contributed by atoms with Gasteiger partial charge in [-0.05, 0) is 31.2 Å². The Morgan fingerprint density at radius 1 is 1.07 bits per heavy atom. The molecule has 2 N–H and O–H groups in total. The number of halogens is 1. The van der Waals surface area contributed by atoms with E-state index in [1.807, 2.05) is 49.7 Å². The Morgan fingerprint density at radius 2 is 1.64 bits per heavy atom. The summed E-state index contributed by atoms with van der Waals surface area (Å²) in [4.78, 5) is 10.1. The molecule has 2 rings (SSSR count). The molecule has 0 spiro atoms. The van der Waals surface area contributed by atoms with Crippen molar-refractivity contribution >= 4 is 27.2 Å². The molecule has 0 saturated heterocycles. The van der Waals surface area contributed by atoms with Gasteiger partial charge in [-0.15, -0.1) is 0 Å². The first kappa shape index (κ1) is 24.0. The predicted molar refractivity (Wildman–Crippen MR) is 105 cm³/mol. The van der Waals surface area contributed by atoms with Crippen LogP contribution in [0.15, 0.2) is 53.4 Å². The molecule has 0 aliphatic rings. The number of nitrogens with one attached hydrogen (secondary N) is 2. The Morgan fingerprint density at radius 3 is 2.18 bits per heavy atom. The summed E-state index contributed by atoms with van der Waals surface area (Å²) in [5.74, 6) is 0.883. The van der Waals surface area contributed by atoms with E-state index in [1.54, 1.807) is 0 Å². The van der Waals surface area contributed by atoms with Crippen molar-refractivity contribution in [2.75, 3.05) is 25.5 Å². The van der Waals surface area contributed by atoms with Gasteiger partial charge in [0.2, 0.25) is 15.9 Å². The Bertz CT molecular complexity index is 943. The number of nitro groups is 1. The molecule has 0 saturated carbocycles. The first-order chi connectivity index (χ1) is 12.7. The van der Waals surface area contributed by atoms with Crippen LogP contribution in [0.25, 0.3) is 0 Å². The van der Waals surface area contributed by atoms with Crippen molar-refractivity contribution in [3.63, 3.8) is 0 Å². The largest absolute Gasteiger partial charge is 1.00 e. The SMILES string of the molecule is CC(Nc1ccc(C)cc1)=[N+](C)CCNS(=O)(=O)c1ccc([N+](=O)[O-])cc1.[I-]. The van der Waals surface area contributed by atoms with Crippen LogP contribution in [-0.4, -0.2) is 43.9 Å². The summed E-state index contributed by atoms with van der Waals surface area (Å²) in [5.41, 5.74) is 1.98. The van der Waals surface area contributed by atoms with Crippen LogP contribution in [-0.2, 0) is 10.0 Å². The number of sulfonamides is 1. The van der Waals surface area contributed by atoms with Crippen LogP contribution in [0.1, 0.15) is 12.5 Å². The molecule has 152 valence electrons. The van der Waals surface area contributed by atoms with Crippen LogP contribution in [0.5, 0.6) is 0 Å². The van der Waals surface area contributed by atoms with Gasteiger partial charge in [0.15, 0.2) is 0 Å². The minimum absolute atomic E-state index is 0. The average molecular weight is 518 g/mol. The quantitative estimate of drug-likeness (QED) is 0.127. The van der Waals surface area contributed by atoms with Gasteiger partial charge in [0.1, 0.15) is 5.69 Å². The lowest BCUT2D eigenvalue weighted by Crippen LogP contribution is -3.00. The summed E-state index contributed by atoms with van der Waals surface area (Å²) < 4.78 is 28.9. The zero-order valence-electron chi connectivity index (χ0n) is 15.8. The van der Waals surface area contributed by atoms with Crippen LogP contribution >= 0.6 is 0 Å². The van der Waals surface area contributed by atoms with Gasteiger partial charge in [0.05, 0.1) is 23.4 Å². The molecule has 0 atom stereocenters. The lowest BCUT2D eigenvalue weighted by Gasteiger charge is -2.09. The van der Waals surface area contributed by atoms with E-state index >= 15 is 0 Å². The van der Waals surface area contributed by atoms with Crippen molar-refractivity contribution in [3.05, 3.63) is 64.2 Å².